The fourth-order valence-corrected chi connectivity index (χ4v) is 3.09. The van der Waals surface area contributed by atoms with Crippen molar-refractivity contribution in [1.29, 1.82) is 0 Å². The van der Waals surface area contributed by atoms with Crippen LogP contribution < -0.4 is 33.2 Å². The van der Waals surface area contributed by atoms with Gasteiger partial charge in [-0.25, -0.2) is 4.79 Å². The van der Waals surface area contributed by atoms with Gasteiger partial charge in [0.05, 0.1) is 12.5 Å². The Morgan fingerprint density at radius 2 is 1.41 bits per heavy atom. The third-order valence-corrected chi connectivity index (χ3v) is 5.13. The number of carbonyl (C=O) groups excluding carboxylic acids is 5. The highest BCUT2D eigenvalue weighted by Crippen LogP contribution is 2.04. The topological polar surface area (TPSA) is 237 Å². The summed E-state index contributed by atoms with van der Waals surface area (Å²) in [6.45, 7) is 0. The second-order valence-corrected chi connectivity index (χ2v) is 8.12. The lowest BCUT2D eigenvalue weighted by molar-refractivity contribution is -0.141. The van der Waals surface area contributed by atoms with Crippen LogP contribution in [0.2, 0.25) is 0 Å². The molecule has 10 N–H and O–H groups in total. The number of carboxylic acids is 1. The molecule has 0 fully saturated rings. The molecule has 0 saturated carbocycles. The van der Waals surface area contributed by atoms with Crippen LogP contribution in [0.15, 0.2) is 0 Å². The van der Waals surface area contributed by atoms with Gasteiger partial charge in [0.1, 0.15) is 18.1 Å². The Morgan fingerprint density at radius 1 is 0.875 bits per heavy atom. The Kier molecular flexibility index (Phi) is 14.1. The molecule has 0 bridgehead atoms. The van der Waals surface area contributed by atoms with Crippen molar-refractivity contribution in [2.24, 2.45) is 17.2 Å². The Balaban J connectivity index is 5.45. The number of primary amides is 2. The Bertz CT molecular complexity index is 709. The molecular weight excluding hydrogens is 464 g/mol. The van der Waals surface area contributed by atoms with Crippen molar-refractivity contribution in [2.75, 3.05) is 17.8 Å². The molecule has 0 radical (unpaired) electrons. The highest BCUT2D eigenvalue weighted by Gasteiger charge is 2.31. The van der Waals surface area contributed by atoms with E-state index in [-0.39, 0.29) is 18.6 Å². The smallest absolute Gasteiger partial charge is 0.327 e. The lowest BCUT2D eigenvalue weighted by atomic mass is 10.1. The summed E-state index contributed by atoms with van der Waals surface area (Å²) in [6, 6.07) is -5.11. The van der Waals surface area contributed by atoms with Gasteiger partial charge in [0.2, 0.25) is 29.5 Å². The fraction of sp³-hybridized carbons (Fsp3) is 0.647. The van der Waals surface area contributed by atoms with Crippen LogP contribution in [0, 0.1) is 0 Å². The van der Waals surface area contributed by atoms with Crippen molar-refractivity contribution in [3.05, 3.63) is 0 Å². The summed E-state index contributed by atoms with van der Waals surface area (Å²) < 4.78 is 0. The van der Waals surface area contributed by atoms with E-state index in [0.717, 1.165) is 0 Å². The summed E-state index contributed by atoms with van der Waals surface area (Å²) in [7, 11) is 0. The summed E-state index contributed by atoms with van der Waals surface area (Å²) in [5.41, 5.74) is 16.0. The molecule has 15 heteroatoms. The lowest BCUT2D eigenvalue weighted by Crippen LogP contribution is -2.58. The number of carbonyl (C=O) groups is 6. The van der Waals surface area contributed by atoms with E-state index >= 15 is 0 Å². The van der Waals surface area contributed by atoms with Crippen LogP contribution in [0.3, 0.4) is 0 Å². The van der Waals surface area contributed by atoms with Crippen molar-refractivity contribution in [3.8, 4) is 0 Å². The van der Waals surface area contributed by atoms with Crippen molar-refractivity contribution < 1.29 is 33.9 Å². The molecule has 0 aliphatic carbocycles. The zero-order valence-corrected chi connectivity index (χ0v) is 19.2. The molecule has 32 heavy (non-hydrogen) atoms. The lowest BCUT2D eigenvalue weighted by Gasteiger charge is -2.24. The first-order chi connectivity index (χ1) is 14.9. The number of amides is 5. The number of nitrogens with one attached hydrogen (secondary N) is 3. The molecule has 5 amide bonds. The highest BCUT2D eigenvalue weighted by atomic mass is 32.2. The molecule has 4 atom stereocenters. The minimum Gasteiger partial charge on any atom is -0.480 e. The SMILES string of the molecule is CSCCC(N)C(=O)NC(CCC(N)=O)C(=O)NC(CC(N)=O)C(=O)NC(CS)C(=O)O. The van der Waals surface area contributed by atoms with Gasteiger partial charge in [0.25, 0.3) is 0 Å². The Labute approximate surface area is 194 Å². The predicted molar refractivity (Wildman–Crippen MR) is 120 cm³/mol. The minimum atomic E-state index is -1.53. The molecule has 13 nitrogen and oxygen atoms in total. The number of thioether (sulfide) groups is 1. The van der Waals surface area contributed by atoms with Crippen molar-refractivity contribution >= 4 is 59.9 Å². The van der Waals surface area contributed by atoms with Gasteiger partial charge in [0, 0.05) is 12.2 Å². The first-order valence-electron chi connectivity index (χ1n) is 9.48. The number of hydrogen-bond donors (Lipinski definition) is 8. The molecule has 0 aliphatic heterocycles. The number of hydrogen-bond acceptors (Lipinski definition) is 9. The number of nitrogens with two attached hydrogens (primary N) is 3. The standard InChI is InChI=1S/C17H30N6O7S2/c1-32-5-4-8(18)14(26)21-9(2-3-12(19)24)15(27)22-10(6-13(20)25)16(28)23-11(7-31)17(29)30/h8-11,31H,2-7,18H2,1H3,(H2,19,24)(H2,20,25)(H,21,26)(H,22,27)(H,23,28)(H,29,30). The average Bonchev–Trinajstić information content (AvgIpc) is 2.71. The maximum Gasteiger partial charge on any atom is 0.327 e. The van der Waals surface area contributed by atoms with Gasteiger partial charge >= 0.3 is 5.97 Å². The van der Waals surface area contributed by atoms with Gasteiger partial charge in [-0.3, -0.25) is 24.0 Å². The first-order valence-corrected chi connectivity index (χ1v) is 11.5. The molecule has 0 aromatic rings. The number of thiol groups is 1. The van der Waals surface area contributed by atoms with Gasteiger partial charge in [0.15, 0.2) is 0 Å². The molecule has 0 aromatic carbocycles. The summed E-state index contributed by atoms with van der Waals surface area (Å²) in [5.74, 6) is -5.24. The van der Waals surface area contributed by atoms with Crippen LogP contribution >= 0.6 is 24.4 Å². The van der Waals surface area contributed by atoms with E-state index in [9.17, 15) is 28.8 Å². The van der Waals surface area contributed by atoms with E-state index in [1.54, 1.807) is 0 Å². The van der Waals surface area contributed by atoms with Gasteiger partial charge in [-0.05, 0) is 24.9 Å². The van der Waals surface area contributed by atoms with Crippen molar-refractivity contribution in [3.63, 3.8) is 0 Å². The summed E-state index contributed by atoms with van der Waals surface area (Å²) in [6.07, 6.45) is 1.08. The van der Waals surface area contributed by atoms with Crippen LogP contribution in [0.1, 0.15) is 25.7 Å². The highest BCUT2D eigenvalue weighted by molar-refractivity contribution is 7.98. The molecule has 0 rings (SSSR count). The van der Waals surface area contributed by atoms with E-state index < -0.39 is 66.1 Å². The minimum absolute atomic E-state index is 0.193. The molecule has 182 valence electrons. The van der Waals surface area contributed by atoms with E-state index in [1.165, 1.54) is 11.8 Å². The van der Waals surface area contributed by atoms with Crippen molar-refractivity contribution in [2.45, 2.75) is 49.9 Å². The largest absolute Gasteiger partial charge is 0.480 e. The van der Waals surface area contributed by atoms with Gasteiger partial charge in [-0.2, -0.15) is 24.4 Å². The van der Waals surface area contributed by atoms with Gasteiger partial charge in [-0.1, -0.05) is 0 Å². The summed E-state index contributed by atoms with van der Waals surface area (Å²) in [4.78, 5) is 71.0. The third kappa shape index (κ3) is 11.8. The van der Waals surface area contributed by atoms with E-state index in [2.05, 4.69) is 28.6 Å². The van der Waals surface area contributed by atoms with E-state index in [0.29, 0.717) is 12.2 Å². The van der Waals surface area contributed by atoms with E-state index in [1.807, 2.05) is 6.26 Å². The normalized spacial score (nSPS) is 14.3. The molecule has 0 saturated heterocycles. The van der Waals surface area contributed by atoms with Crippen LogP contribution in [0.5, 0.6) is 0 Å². The Morgan fingerprint density at radius 3 is 1.88 bits per heavy atom. The van der Waals surface area contributed by atoms with Crippen LogP contribution in [-0.4, -0.2) is 82.5 Å². The molecular formula is C17H30N6O7S2. The molecule has 4 unspecified atom stereocenters. The second-order valence-electron chi connectivity index (χ2n) is 6.77. The zero-order chi connectivity index (χ0) is 24.8. The number of carboxylic acid groups (broad SMARTS) is 1. The Hall–Kier alpha value is -2.52. The quantitative estimate of drug-likeness (QED) is 0.1000. The summed E-state index contributed by atoms with van der Waals surface area (Å²) >= 11 is 5.30. The molecule has 0 spiro atoms. The van der Waals surface area contributed by atoms with Crippen LogP contribution in [0.25, 0.3) is 0 Å². The molecule has 0 aliphatic rings. The van der Waals surface area contributed by atoms with Crippen LogP contribution in [-0.2, 0) is 28.8 Å². The monoisotopic (exact) mass is 494 g/mol. The average molecular weight is 495 g/mol. The molecule has 0 aromatic heterocycles. The molecule has 0 heterocycles. The number of aliphatic carboxylic acids is 1. The maximum atomic E-state index is 12.7. The van der Waals surface area contributed by atoms with Crippen LogP contribution in [0.4, 0.5) is 0 Å². The predicted octanol–water partition coefficient (Wildman–Crippen LogP) is -3.32. The second kappa shape index (κ2) is 15.3. The van der Waals surface area contributed by atoms with Gasteiger partial charge < -0.3 is 38.3 Å². The zero-order valence-electron chi connectivity index (χ0n) is 17.5. The fourth-order valence-electron chi connectivity index (χ4n) is 2.35. The number of rotatable bonds is 16. The van der Waals surface area contributed by atoms with Crippen molar-refractivity contribution in [1.82, 2.24) is 16.0 Å². The first kappa shape index (κ1) is 29.5. The maximum absolute atomic E-state index is 12.7. The summed E-state index contributed by atoms with van der Waals surface area (Å²) in [5, 5.41) is 15.8. The van der Waals surface area contributed by atoms with Gasteiger partial charge in [-0.15, -0.1) is 0 Å². The van der Waals surface area contributed by atoms with E-state index in [4.69, 9.17) is 22.3 Å². The third-order valence-electron chi connectivity index (χ3n) is 4.12.